The van der Waals surface area contributed by atoms with Crippen molar-refractivity contribution in [2.24, 2.45) is 5.41 Å². The SMILES string of the molecule is O=C(c1ccc(CN2CCC3(CCN(Cc4cccs4)CC3)C2)cc1)N(Cc1ncc[nH]1)Cc1ncc[nH]1. The normalized spacial score (nSPS) is 17.8. The van der Waals surface area contributed by atoms with E-state index >= 15 is 0 Å². The van der Waals surface area contributed by atoms with Crippen molar-refractivity contribution in [3.8, 4) is 0 Å². The van der Waals surface area contributed by atoms with Crippen molar-refractivity contribution in [2.45, 2.75) is 45.4 Å². The molecule has 5 heterocycles. The van der Waals surface area contributed by atoms with Gasteiger partial charge in [-0.05, 0) is 73.5 Å². The number of hydrogen-bond acceptors (Lipinski definition) is 6. The number of thiophene rings is 1. The van der Waals surface area contributed by atoms with E-state index in [0.717, 1.165) is 31.3 Å². The number of rotatable bonds is 9. The Kier molecular flexibility index (Phi) is 7.40. The Bertz CT molecular complexity index is 1240. The number of H-pyrrole nitrogens is 2. The molecule has 8 nitrogen and oxygen atoms in total. The number of likely N-dealkylation sites (tertiary alicyclic amines) is 2. The van der Waals surface area contributed by atoms with Crippen LogP contribution in [0.25, 0.3) is 0 Å². The highest BCUT2D eigenvalue weighted by molar-refractivity contribution is 7.09. The van der Waals surface area contributed by atoms with E-state index in [0.29, 0.717) is 24.1 Å². The average Bonchev–Trinajstić information content (AvgIpc) is 3.76. The van der Waals surface area contributed by atoms with Crippen LogP contribution in [0.5, 0.6) is 0 Å². The lowest BCUT2D eigenvalue weighted by Gasteiger charge is -2.39. The maximum Gasteiger partial charge on any atom is 0.254 e. The largest absolute Gasteiger partial charge is 0.347 e. The zero-order chi connectivity index (χ0) is 25.8. The van der Waals surface area contributed by atoms with Crippen LogP contribution in [0.2, 0.25) is 0 Å². The van der Waals surface area contributed by atoms with Gasteiger partial charge >= 0.3 is 0 Å². The Hall–Kier alpha value is -3.27. The minimum atomic E-state index is -0.0289. The van der Waals surface area contributed by atoms with Gasteiger partial charge in [0.15, 0.2) is 0 Å². The quantitative estimate of drug-likeness (QED) is 0.333. The van der Waals surface area contributed by atoms with Gasteiger partial charge in [-0.3, -0.25) is 14.6 Å². The smallest absolute Gasteiger partial charge is 0.254 e. The van der Waals surface area contributed by atoms with E-state index in [1.54, 1.807) is 29.7 Å². The zero-order valence-corrected chi connectivity index (χ0v) is 22.5. The summed E-state index contributed by atoms with van der Waals surface area (Å²) < 4.78 is 0. The van der Waals surface area contributed by atoms with Crippen molar-refractivity contribution in [2.75, 3.05) is 26.2 Å². The molecule has 2 aliphatic heterocycles. The third kappa shape index (κ3) is 5.90. The molecule has 1 spiro atoms. The van der Waals surface area contributed by atoms with E-state index in [4.69, 9.17) is 0 Å². The fourth-order valence-electron chi connectivity index (χ4n) is 5.90. The number of nitrogens with zero attached hydrogens (tertiary/aromatic N) is 5. The zero-order valence-electron chi connectivity index (χ0n) is 21.7. The summed E-state index contributed by atoms with van der Waals surface area (Å²) in [6, 6.07) is 12.6. The molecule has 1 aromatic carbocycles. The highest BCUT2D eigenvalue weighted by Gasteiger charge is 2.40. The van der Waals surface area contributed by atoms with Crippen LogP contribution in [-0.4, -0.2) is 66.7 Å². The van der Waals surface area contributed by atoms with Crippen molar-refractivity contribution < 1.29 is 4.79 Å². The van der Waals surface area contributed by atoms with Gasteiger partial charge in [-0.1, -0.05) is 18.2 Å². The molecule has 0 radical (unpaired) electrons. The second kappa shape index (κ2) is 11.2. The summed E-state index contributed by atoms with van der Waals surface area (Å²) in [4.78, 5) is 36.7. The minimum absolute atomic E-state index is 0.0289. The Labute approximate surface area is 227 Å². The topological polar surface area (TPSA) is 84.2 Å². The fraction of sp³-hybridized carbons (Fsp3) is 0.414. The number of aromatic nitrogens is 4. The Morgan fingerprint density at radius 3 is 2.13 bits per heavy atom. The first-order valence-corrected chi connectivity index (χ1v) is 14.3. The monoisotopic (exact) mass is 529 g/mol. The minimum Gasteiger partial charge on any atom is -0.347 e. The summed E-state index contributed by atoms with van der Waals surface area (Å²) in [5.74, 6) is 1.47. The number of nitrogens with one attached hydrogen (secondary N) is 2. The number of benzene rings is 1. The molecule has 4 aromatic rings. The first-order chi connectivity index (χ1) is 18.6. The third-order valence-electron chi connectivity index (χ3n) is 8.08. The van der Waals surface area contributed by atoms with Crippen LogP contribution in [-0.2, 0) is 26.2 Å². The van der Waals surface area contributed by atoms with E-state index in [1.165, 1.54) is 49.3 Å². The molecule has 3 aromatic heterocycles. The van der Waals surface area contributed by atoms with Crippen LogP contribution in [0.3, 0.4) is 0 Å². The van der Waals surface area contributed by atoms with Gasteiger partial charge < -0.3 is 14.9 Å². The number of amides is 1. The summed E-state index contributed by atoms with van der Waals surface area (Å²) in [7, 11) is 0. The molecule has 0 bridgehead atoms. The molecule has 2 fully saturated rings. The summed E-state index contributed by atoms with van der Waals surface area (Å²) in [6.45, 7) is 7.58. The van der Waals surface area contributed by atoms with Crippen molar-refractivity contribution in [3.05, 3.63) is 94.2 Å². The second-order valence-corrected chi connectivity index (χ2v) is 11.8. The van der Waals surface area contributed by atoms with Gasteiger partial charge in [0.2, 0.25) is 0 Å². The molecule has 38 heavy (non-hydrogen) atoms. The molecule has 0 unspecified atom stereocenters. The van der Waals surface area contributed by atoms with Gasteiger partial charge in [0.25, 0.3) is 5.91 Å². The maximum atomic E-state index is 13.4. The van der Waals surface area contributed by atoms with Gasteiger partial charge in [0, 0.05) is 54.9 Å². The van der Waals surface area contributed by atoms with Crippen LogP contribution < -0.4 is 0 Å². The first-order valence-electron chi connectivity index (χ1n) is 13.5. The number of aromatic amines is 2. The van der Waals surface area contributed by atoms with Crippen LogP contribution in [0.15, 0.2) is 66.6 Å². The number of carbonyl (C=O) groups excluding carboxylic acids is 1. The second-order valence-electron chi connectivity index (χ2n) is 10.7. The molecular formula is C29H35N7OS. The van der Waals surface area contributed by atoms with Gasteiger partial charge in [0.1, 0.15) is 11.6 Å². The summed E-state index contributed by atoms with van der Waals surface area (Å²) in [5.41, 5.74) is 2.42. The number of imidazole rings is 2. The first kappa shape index (κ1) is 25.0. The molecule has 2 saturated heterocycles. The van der Waals surface area contributed by atoms with E-state index < -0.39 is 0 Å². The molecule has 198 valence electrons. The molecule has 1 amide bonds. The molecule has 0 aliphatic carbocycles. The maximum absolute atomic E-state index is 13.4. The number of piperidine rings is 1. The lowest BCUT2D eigenvalue weighted by atomic mass is 9.78. The van der Waals surface area contributed by atoms with Gasteiger partial charge in [-0.2, -0.15) is 0 Å². The molecule has 0 saturated carbocycles. The van der Waals surface area contributed by atoms with Crippen LogP contribution in [0.1, 0.15) is 51.7 Å². The fourth-order valence-corrected chi connectivity index (χ4v) is 6.65. The van der Waals surface area contributed by atoms with E-state index in [1.807, 2.05) is 23.5 Å². The van der Waals surface area contributed by atoms with Crippen LogP contribution >= 0.6 is 11.3 Å². The Morgan fingerprint density at radius 1 is 0.895 bits per heavy atom. The van der Waals surface area contributed by atoms with Crippen LogP contribution in [0, 0.1) is 5.41 Å². The van der Waals surface area contributed by atoms with E-state index in [-0.39, 0.29) is 5.91 Å². The number of hydrogen-bond donors (Lipinski definition) is 2. The highest BCUT2D eigenvalue weighted by Crippen LogP contribution is 2.41. The molecule has 9 heteroatoms. The Morgan fingerprint density at radius 2 is 1.55 bits per heavy atom. The van der Waals surface area contributed by atoms with E-state index in [2.05, 4.69) is 59.4 Å². The molecule has 6 rings (SSSR count). The lowest BCUT2D eigenvalue weighted by molar-refractivity contribution is 0.0721. The summed E-state index contributed by atoms with van der Waals surface area (Å²) >= 11 is 1.87. The molecular weight excluding hydrogens is 494 g/mol. The lowest BCUT2D eigenvalue weighted by Crippen LogP contribution is -2.41. The van der Waals surface area contributed by atoms with Gasteiger partial charge in [-0.15, -0.1) is 11.3 Å². The van der Waals surface area contributed by atoms with Gasteiger partial charge in [-0.25, -0.2) is 9.97 Å². The Balaban J connectivity index is 1.04. The highest BCUT2D eigenvalue weighted by atomic mass is 32.1. The standard InChI is InChI=1S/C29H35N7OS/c37-28(36(20-26-30-10-11-31-26)21-27-32-12-13-33-27)24-5-3-23(4-6-24)18-35-16-9-29(22-35)7-14-34(15-8-29)19-25-2-1-17-38-25/h1-6,10-13,17H,7-9,14-16,18-22H2,(H,30,31)(H,32,33). The predicted molar refractivity (Wildman–Crippen MR) is 148 cm³/mol. The van der Waals surface area contributed by atoms with Crippen LogP contribution in [0.4, 0.5) is 0 Å². The van der Waals surface area contributed by atoms with Crippen molar-refractivity contribution >= 4 is 17.2 Å². The predicted octanol–water partition coefficient (Wildman–Crippen LogP) is 4.53. The van der Waals surface area contributed by atoms with Gasteiger partial charge in [0.05, 0.1) is 13.1 Å². The van der Waals surface area contributed by atoms with Crippen molar-refractivity contribution in [1.29, 1.82) is 0 Å². The molecule has 0 atom stereocenters. The third-order valence-corrected chi connectivity index (χ3v) is 8.94. The van der Waals surface area contributed by atoms with Crippen molar-refractivity contribution in [3.63, 3.8) is 0 Å². The summed E-state index contributed by atoms with van der Waals surface area (Å²) in [6.07, 6.45) is 10.8. The van der Waals surface area contributed by atoms with E-state index in [9.17, 15) is 4.79 Å². The molecule has 2 N–H and O–H groups in total. The van der Waals surface area contributed by atoms with Crippen molar-refractivity contribution in [1.82, 2.24) is 34.6 Å². The number of carbonyl (C=O) groups is 1. The molecule has 2 aliphatic rings. The summed E-state index contributed by atoms with van der Waals surface area (Å²) in [5, 5.41) is 2.18. The average molecular weight is 530 g/mol.